The lowest BCUT2D eigenvalue weighted by molar-refractivity contribution is -0.143. The molecule has 0 bridgehead atoms. The lowest BCUT2D eigenvalue weighted by Crippen LogP contribution is -2.33. The fourth-order valence-corrected chi connectivity index (χ4v) is 4.56. The summed E-state index contributed by atoms with van der Waals surface area (Å²) in [7, 11) is -3.44. The zero-order valence-electron chi connectivity index (χ0n) is 15.6. The highest BCUT2D eigenvalue weighted by molar-refractivity contribution is 7.90. The van der Waals surface area contributed by atoms with E-state index in [2.05, 4.69) is 10.3 Å². The van der Waals surface area contributed by atoms with Crippen LogP contribution < -0.4 is 9.46 Å². The predicted molar refractivity (Wildman–Crippen MR) is 109 cm³/mol. The molecule has 1 N–H and O–H groups in total. The van der Waals surface area contributed by atoms with Crippen LogP contribution >= 0.6 is 34.8 Å². The number of rotatable bonds is 5. The molecule has 8 nitrogen and oxygen atoms in total. The van der Waals surface area contributed by atoms with E-state index < -0.39 is 38.4 Å². The normalized spacial score (nSPS) is 12.0. The van der Waals surface area contributed by atoms with E-state index in [1.54, 1.807) is 0 Å². The zero-order valence-corrected chi connectivity index (χ0v) is 18.7. The van der Waals surface area contributed by atoms with Crippen molar-refractivity contribution in [2.24, 2.45) is 0 Å². The minimum Gasteiger partial charge on any atom is -0.497 e. The number of nitrogens with zero attached hydrogens (tertiary/aromatic N) is 3. The van der Waals surface area contributed by atoms with Crippen LogP contribution in [0.3, 0.4) is 0 Å². The van der Waals surface area contributed by atoms with Crippen molar-refractivity contribution in [2.75, 3.05) is 7.11 Å². The van der Waals surface area contributed by atoms with Crippen molar-refractivity contribution in [2.45, 2.75) is 11.1 Å². The maximum absolute atomic E-state index is 13.8. The monoisotopic (exact) mass is 528 g/mol. The number of hydrogen-bond acceptors (Lipinski definition) is 6. The summed E-state index contributed by atoms with van der Waals surface area (Å²) in [6.07, 6.45) is -5.15. The molecule has 170 valence electrons. The highest BCUT2D eigenvalue weighted by Gasteiger charge is 2.43. The first kappa shape index (κ1) is 24.1. The Morgan fingerprint density at radius 1 is 1.09 bits per heavy atom. The Balaban J connectivity index is 2.07. The van der Waals surface area contributed by atoms with Gasteiger partial charge in [-0.1, -0.05) is 40.0 Å². The number of sulfonamides is 1. The summed E-state index contributed by atoms with van der Waals surface area (Å²) >= 11 is 17.5. The molecule has 15 heteroatoms. The van der Waals surface area contributed by atoms with Gasteiger partial charge in [0.2, 0.25) is 0 Å². The largest absolute Gasteiger partial charge is 0.497 e. The van der Waals surface area contributed by atoms with Crippen LogP contribution in [0, 0.1) is 0 Å². The number of halogens is 6. The van der Waals surface area contributed by atoms with E-state index in [1.165, 1.54) is 30.0 Å². The molecule has 0 aliphatic heterocycles. The first-order valence-electron chi connectivity index (χ1n) is 8.23. The number of ether oxygens (including phenoxy) is 1. The summed E-state index contributed by atoms with van der Waals surface area (Å²) < 4.78 is 73.2. The van der Waals surface area contributed by atoms with Gasteiger partial charge in [-0.15, -0.1) is 5.10 Å². The van der Waals surface area contributed by atoms with Crippen LogP contribution in [0.4, 0.5) is 13.2 Å². The van der Waals surface area contributed by atoms with E-state index in [-0.39, 0.29) is 31.2 Å². The van der Waals surface area contributed by atoms with Gasteiger partial charge in [-0.2, -0.15) is 13.2 Å². The van der Waals surface area contributed by atoms with E-state index in [1.807, 2.05) is 0 Å². The molecule has 1 heterocycles. The molecular weight excluding hydrogens is 520 g/mol. The second kappa shape index (κ2) is 8.77. The van der Waals surface area contributed by atoms with Crippen LogP contribution in [0.15, 0.2) is 41.3 Å². The summed E-state index contributed by atoms with van der Waals surface area (Å²) in [4.78, 5) is 11.9. The second-order valence-corrected chi connectivity index (χ2v) is 8.99. The first-order valence-corrected chi connectivity index (χ1v) is 10.8. The zero-order chi connectivity index (χ0) is 23.8. The Morgan fingerprint density at radius 3 is 2.28 bits per heavy atom. The number of aromatic nitrogens is 3. The molecule has 2 aromatic carbocycles. The molecule has 1 amide bonds. The highest BCUT2D eigenvalue weighted by atomic mass is 35.5. The fraction of sp³-hybridized carbons (Fsp3) is 0.118. The first-order chi connectivity index (χ1) is 14.8. The third kappa shape index (κ3) is 4.93. The Kier molecular flexibility index (Phi) is 6.61. The Bertz CT molecular complexity index is 1290. The van der Waals surface area contributed by atoms with Crippen LogP contribution in [0.5, 0.6) is 5.75 Å². The molecule has 0 fully saturated rings. The number of nitrogens with one attached hydrogen (secondary N) is 1. The van der Waals surface area contributed by atoms with Crippen LogP contribution in [-0.4, -0.2) is 36.4 Å². The van der Waals surface area contributed by atoms with Crippen LogP contribution in [0.25, 0.3) is 5.69 Å². The third-order valence-electron chi connectivity index (χ3n) is 3.90. The van der Waals surface area contributed by atoms with Crippen LogP contribution in [0.2, 0.25) is 15.1 Å². The van der Waals surface area contributed by atoms with Gasteiger partial charge >= 0.3 is 6.18 Å². The fourth-order valence-electron chi connectivity index (χ4n) is 2.57. The van der Waals surface area contributed by atoms with Crippen molar-refractivity contribution < 1.29 is 31.1 Å². The topological polar surface area (TPSA) is 103 Å². The molecule has 0 saturated heterocycles. The second-order valence-electron chi connectivity index (χ2n) is 6.05. The van der Waals surface area contributed by atoms with Gasteiger partial charge in [0.15, 0.2) is 11.4 Å². The van der Waals surface area contributed by atoms with Crippen molar-refractivity contribution in [3.8, 4) is 11.4 Å². The lowest BCUT2D eigenvalue weighted by atomic mass is 10.2. The van der Waals surface area contributed by atoms with Gasteiger partial charge in [-0.05, 0) is 30.3 Å². The minimum atomic E-state index is -5.15. The minimum absolute atomic E-state index is 0.00243. The average molecular weight is 530 g/mol. The van der Waals surface area contributed by atoms with Crippen molar-refractivity contribution >= 4 is 50.7 Å². The predicted octanol–water partition coefficient (Wildman–Crippen LogP) is 4.37. The van der Waals surface area contributed by atoms with Gasteiger partial charge in [0.25, 0.3) is 15.9 Å². The molecule has 0 unspecified atom stereocenters. The molecule has 0 radical (unpaired) electrons. The number of alkyl halides is 3. The van der Waals surface area contributed by atoms with Gasteiger partial charge in [-0.3, -0.25) is 4.79 Å². The molecule has 0 aliphatic carbocycles. The van der Waals surface area contributed by atoms with E-state index in [4.69, 9.17) is 39.5 Å². The maximum atomic E-state index is 13.8. The average Bonchev–Trinajstić information content (AvgIpc) is 3.13. The maximum Gasteiger partial charge on any atom is 0.435 e. The smallest absolute Gasteiger partial charge is 0.435 e. The third-order valence-corrected chi connectivity index (χ3v) is 6.15. The van der Waals surface area contributed by atoms with E-state index in [9.17, 15) is 26.4 Å². The SMILES string of the molecule is COc1ccc(Cl)c(S(=O)(=O)NC(=O)c2nnn(-c3cc(Cl)cc(Cl)c3)c2C(F)(F)F)c1. The van der Waals surface area contributed by atoms with Gasteiger partial charge in [0.05, 0.1) is 17.8 Å². The molecule has 0 aliphatic rings. The van der Waals surface area contributed by atoms with Crippen LogP contribution in [-0.2, 0) is 16.2 Å². The Labute approximate surface area is 193 Å². The van der Waals surface area contributed by atoms with Crippen molar-refractivity contribution in [3.05, 3.63) is 62.9 Å². The number of benzene rings is 2. The van der Waals surface area contributed by atoms with Crippen LogP contribution in [0.1, 0.15) is 16.2 Å². The Hall–Kier alpha value is -2.54. The summed E-state index contributed by atoms with van der Waals surface area (Å²) in [5, 5.41) is 6.26. The summed E-state index contributed by atoms with van der Waals surface area (Å²) in [6, 6.07) is 7.01. The van der Waals surface area contributed by atoms with Crippen molar-refractivity contribution in [1.29, 1.82) is 0 Å². The van der Waals surface area contributed by atoms with Crippen molar-refractivity contribution in [3.63, 3.8) is 0 Å². The number of hydrogen-bond donors (Lipinski definition) is 1. The summed E-state index contributed by atoms with van der Waals surface area (Å²) in [6.45, 7) is 0. The van der Waals surface area contributed by atoms with Gasteiger partial charge in [-0.25, -0.2) is 17.8 Å². The van der Waals surface area contributed by atoms with Gasteiger partial charge in [0.1, 0.15) is 10.6 Å². The molecule has 3 rings (SSSR count). The molecule has 0 atom stereocenters. The van der Waals surface area contributed by atoms with Gasteiger partial charge in [0, 0.05) is 16.1 Å². The summed E-state index contributed by atoms with van der Waals surface area (Å²) in [5.41, 5.74) is -3.18. The van der Waals surface area contributed by atoms with E-state index >= 15 is 0 Å². The number of carbonyl (C=O) groups excluding carboxylic acids is 1. The highest BCUT2D eigenvalue weighted by Crippen LogP contribution is 2.34. The lowest BCUT2D eigenvalue weighted by Gasteiger charge is -2.12. The number of amides is 1. The quantitative estimate of drug-likeness (QED) is 0.526. The molecule has 3 aromatic rings. The molecule has 0 spiro atoms. The van der Waals surface area contributed by atoms with E-state index in [0.717, 1.165) is 18.2 Å². The molecule has 0 saturated carbocycles. The van der Waals surface area contributed by atoms with E-state index in [0.29, 0.717) is 0 Å². The summed E-state index contributed by atoms with van der Waals surface area (Å²) in [5.74, 6) is -1.60. The Morgan fingerprint density at radius 2 is 1.72 bits per heavy atom. The van der Waals surface area contributed by atoms with Gasteiger partial charge < -0.3 is 4.74 Å². The number of carbonyl (C=O) groups is 1. The molecule has 32 heavy (non-hydrogen) atoms. The molecule has 1 aromatic heterocycles. The number of methoxy groups -OCH3 is 1. The molecular formula is C17H10Cl3F3N4O4S. The van der Waals surface area contributed by atoms with Crippen molar-refractivity contribution in [1.82, 2.24) is 19.7 Å². The standard InChI is InChI=1S/C17H10Cl3F3N4O4S/c1-31-11-2-3-12(20)13(7-11)32(29,30)25-16(28)14-15(17(21,22)23)27(26-24-14)10-5-8(18)4-9(19)6-10/h2-7H,1H3,(H,25,28).